The van der Waals surface area contributed by atoms with Crippen molar-refractivity contribution in [2.45, 2.75) is 13.1 Å². The lowest BCUT2D eigenvalue weighted by Crippen LogP contribution is -2.12. The molecule has 0 fully saturated rings. The predicted octanol–water partition coefficient (Wildman–Crippen LogP) is 3.20. The molecule has 0 bridgehead atoms. The predicted molar refractivity (Wildman–Crippen MR) is 67.4 cm³/mol. The molecule has 0 aliphatic rings. The zero-order valence-electron chi connectivity index (χ0n) is 9.38. The van der Waals surface area contributed by atoms with Gasteiger partial charge in [-0.1, -0.05) is 12.2 Å². The number of nitrogens with zero attached hydrogens (tertiary/aromatic N) is 1. The summed E-state index contributed by atoms with van der Waals surface area (Å²) < 4.78 is 37.8. The Hall–Kier alpha value is -1.69. The molecule has 2 N–H and O–H groups in total. The van der Waals surface area contributed by atoms with E-state index in [0.29, 0.717) is 22.2 Å². The number of fused-ring (bicyclic) bond motifs is 1. The van der Waals surface area contributed by atoms with Gasteiger partial charge in [-0.2, -0.15) is 13.2 Å². The molecular formula is C12H9F3N2S. The Morgan fingerprint density at radius 1 is 1.28 bits per heavy atom. The van der Waals surface area contributed by atoms with Crippen molar-refractivity contribution in [2.24, 2.45) is 5.73 Å². The van der Waals surface area contributed by atoms with Gasteiger partial charge in [0.1, 0.15) is 4.99 Å². The van der Waals surface area contributed by atoms with Crippen LogP contribution >= 0.6 is 12.2 Å². The highest BCUT2D eigenvalue weighted by Gasteiger charge is 2.30. The van der Waals surface area contributed by atoms with Gasteiger partial charge in [0.2, 0.25) is 0 Å². The van der Waals surface area contributed by atoms with Crippen LogP contribution in [0.25, 0.3) is 10.9 Å². The molecule has 0 atom stereocenters. The molecule has 0 saturated carbocycles. The lowest BCUT2D eigenvalue weighted by atomic mass is 10.1. The van der Waals surface area contributed by atoms with Crippen LogP contribution in [0.5, 0.6) is 0 Å². The third-order valence-corrected chi connectivity index (χ3v) is 2.80. The van der Waals surface area contributed by atoms with Crippen molar-refractivity contribution in [1.29, 1.82) is 0 Å². The first-order valence-electron chi connectivity index (χ1n) is 5.07. The summed E-state index contributed by atoms with van der Waals surface area (Å²) in [5.41, 5.74) is 6.29. The summed E-state index contributed by atoms with van der Waals surface area (Å²) in [5, 5.41) is 0.449. The number of thiocarbonyl (C=S) groups is 1. The van der Waals surface area contributed by atoms with Gasteiger partial charge in [-0.3, -0.25) is 0 Å². The summed E-state index contributed by atoms with van der Waals surface area (Å²) in [5.74, 6) is 0. The number of benzene rings is 1. The Labute approximate surface area is 107 Å². The molecule has 0 saturated heterocycles. The molecule has 0 unspecified atom stereocenters. The third kappa shape index (κ3) is 2.28. The van der Waals surface area contributed by atoms with Crippen molar-refractivity contribution in [3.05, 3.63) is 41.1 Å². The average molecular weight is 270 g/mol. The maximum Gasteiger partial charge on any atom is 0.416 e. The number of aryl methyl sites for hydroxylation is 1. The fourth-order valence-electron chi connectivity index (χ4n) is 1.70. The maximum absolute atomic E-state index is 12.6. The Kier molecular flexibility index (Phi) is 2.98. The van der Waals surface area contributed by atoms with E-state index in [1.54, 1.807) is 13.0 Å². The maximum atomic E-state index is 12.6. The van der Waals surface area contributed by atoms with E-state index in [2.05, 4.69) is 4.98 Å². The minimum atomic E-state index is -4.36. The lowest BCUT2D eigenvalue weighted by molar-refractivity contribution is -0.137. The van der Waals surface area contributed by atoms with Crippen molar-refractivity contribution < 1.29 is 13.2 Å². The lowest BCUT2D eigenvalue weighted by Gasteiger charge is -2.10. The Bertz CT molecular complexity index is 635. The van der Waals surface area contributed by atoms with E-state index in [9.17, 15) is 13.2 Å². The highest BCUT2D eigenvalue weighted by Crippen LogP contribution is 2.32. The molecule has 1 aromatic carbocycles. The zero-order chi connectivity index (χ0) is 13.5. The van der Waals surface area contributed by atoms with Gasteiger partial charge in [0, 0.05) is 5.39 Å². The second-order valence-corrected chi connectivity index (χ2v) is 4.36. The minimum absolute atomic E-state index is 0.125. The topological polar surface area (TPSA) is 38.9 Å². The largest absolute Gasteiger partial charge is 0.416 e. The molecule has 2 aromatic rings. The number of alkyl halides is 3. The second kappa shape index (κ2) is 4.20. The fourth-order valence-corrected chi connectivity index (χ4v) is 1.80. The zero-order valence-corrected chi connectivity index (χ0v) is 10.2. The van der Waals surface area contributed by atoms with Crippen LogP contribution in [0.1, 0.15) is 16.8 Å². The van der Waals surface area contributed by atoms with Crippen molar-refractivity contribution in [1.82, 2.24) is 4.98 Å². The average Bonchev–Trinajstić information content (AvgIpc) is 2.27. The summed E-state index contributed by atoms with van der Waals surface area (Å²) >= 11 is 4.80. The molecule has 2 nitrogen and oxygen atoms in total. The molecule has 0 spiro atoms. The molecule has 0 radical (unpaired) electrons. The first kappa shape index (κ1) is 12.8. The number of pyridine rings is 1. The summed E-state index contributed by atoms with van der Waals surface area (Å²) in [6.45, 7) is 1.70. The molecule has 2 rings (SSSR count). The van der Waals surface area contributed by atoms with E-state index in [1.165, 1.54) is 6.07 Å². The number of rotatable bonds is 1. The highest BCUT2D eigenvalue weighted by atomic mass is 32.1. The van der Waals surface area contributed by atoms with Gasteiger partial charge in [0.05, 0.1) is 16.8 Å². The van der Waals surface area contributed by atoms with E-state index < -0.39 is 11.7 Å². The van der Waals surface area contributed by atoms with E-state index in [4.69, 9.17) is 18.0 Å². The first-order chi connectivity index (χ1) is 8.29. The van der Waals surface area contributed by atoms with Crippen LogP contribution in [-0.2, 0) is 6.18 Å². The number of halogens is 3. The second-order valence-electron chi connectivity index (χ2n) is 3.92. The fraction of sp³-hybridized carbons (Fsp3) is 0.167. The molecule has 1 heterocycles. The molecule has 0 amide bonds. The quantitative estimate of drug-likeness (QED) is 0.809. The first-order valence-corrected chi connectivity index (χ1v) is 5.48. The normalized spacial score (nSPS) is 11.8. The van der Waals surface area contributed by atoms with Gasteiger partial charge in [-0.15, -0.1) is 0 Å². The highest BCUT2D eigenvalue weighted by molar-refractivity contribution is 7.80. The third-order valence-electron chi connectivity index (χ3n) is 2.60. The summed E-state index contributed by atoms with van der Waals surface area (Å²) in [7, 11) is 0. The number of hydrogen-bond donors (Lipinski definition) is 1. The molecule has 0 aliphatic heterocycles. The standard InChI is InChI=1S/C12H9F3N2S/c1-6-4-10(11(16)18)17-9-3-2-7(5-8(6)9)12(13,14)15/h2-5H,1H3,(H2,16,18). The van der Waals surface area contributed by atoms with E-state index in [-0.39, 0.29) is 4.99 Å². The van der Waals surface area contributed by atoms with Crippen LogP contribution in [0.15, 0.2) is 24.3 Å². The SMILES string of the molecule is Cc1cc(C(N)=S)nc2ccc(C(F)(F)F)cc12. The van der Waals surface area contributed by atoms with E-state index in [0.717, 1.165) is 12.1 Å². The van der Waals surface area contributed by atoms with Crippen LogP contribution in [-0.4, -0.2) is 9.97 Å². The van der Waals surface area contributed by atoms with Crippen LogP contribution in [0.3, 0.4) is 0 Å². The van der Waals surface area contributed by atoms with E-state index in [1.807, 2.05) is 0 Å². The van der Waals surface area contributed by atoms with Gasteiger partial charge in [0.15, 0.2) is 0 Å². The van der Waals surface area contributed by atoms with Crippen molar-refractivity contribution in [3.63, 3.8) is 0 Å². The molecule has 18 heavy (non-hydrogen) atoms. The van der Waals surface area contributed by atoms with Gasteiger partial charge < -0.3 is 5.73 Å². The number of aromatic nitrogens is 1. The number of nitrogens with two attached hydrogens (primary N) is 1. The molecule has 0 aliphatic carbocycles. The smallest absolute Gasteiger partial charge is 0.388 e. The Morgan fingerprint density at radius 2 is 1.94 bits per heavy atom. The van der Waals surface area contributed by atoms with Crippen molar-refractivity contribution in [3.8, 4) is 0 Å². The molecular weight excluding hydrogens is 261 g/mol. The van der Waals surface area contributed by atoms with E-state index >= 15 is 0 Å². The van der Waals surface area contributed by atoms with Crippen molar-refractivity contribution >= 4 is 28.1 Å². The summed E-state index contributed by atoms with van der Waals surface area (Å²) in [4.78, 5) is 4.25. The minimum Gasteiger partial charge on any atom is -0.388 e. The molecule has 94 valence electrons. The van der Waals surface area contributed by atoms with Gasteiger partial charge >= 0.3 is 6.18 Å². The Balaban J connectivity index is 2.69. The van der Waals surface area contributed by atoms with Crippen LogP contribution in [0, 0.1) is 6.92 Å². The van der Waals surface area contributed by atoms with Gasteiger partial charge in [-0.25, -0.2) is 4.98 Å². The molecule has 1 aromatic heterocycles. The van der Waals surface area contributed by atoms with Crippen LogP contribution < -0.4 is 5.73 Å². The van der Waals surface area contributed by atoms with Gasteiger partial charge in [0.25, 0.3) is 0 Å². The summed E-state index contributed by atoms with van der Waals surface area (Å²) in [6, 6.07) is 5.00. The number of hydrogen-bond acceptors (Lipinski definition) is 2. The Morgan fingerprint density at radius 3 is 2.50 bits per heavy atom. The summed E-state index contributed by atoms with van der Waals surface area (Å²) in [6.07, 6.45) is -4.36. The van der Waals surface area contributed by atoms with Crippen molar-refractivity contribution in [2.75, 3.05) is 0 Å². The molecule has 6 heteroatoms. The van der Waals surface area contributed by atoms with Crippen LogP contribution in [0.2, 0.25) is 0 Å². The van der Waals surface area contributed by atoms with Crippen LogP contribution in [0.4, 0.5) is 13.2 Å². The van der Waals surface area contributed by atoms with Gasteiger partial charge in [-0.05, 0) is 36.8 Å². The monoisotopic (exact) mass is 270 g/mol.